The van der Waals surface area contributed by atoms with Crippen molar-refractivity contribution < 1.29 is 4.79 Å². The van der Waals surface area contributed by atoms with Gasteiger partial charge in [0.2, 0.25) is 11.9 Å². The lowest BCUT2D eigenvalue weighted by atomic mass is 9.91. The molecule has 25 heavy (non-hydrogen) atoms. The van der Waals surface area contributed by atoms with E-state index in [-0.39, 0.29) is 18.0 Å². The third-order valence-electron chi connectivity index (χ3n) is 4.81. The van der Waals surface area contributed by atoms with Crippen molar-refractivity contribution in [3.63, 3.8) is 0 Å². The van der Waals surface area contributed by atoms with Crippen LogP contribution in [0.15, 0.2) is 60.9 Å². The summed E-state index contributed by atoms with van der Waals surface area (Å²) >= 11 is 0. The Kier molecular flexibility index (Phi) is 3.84. The molecule has 0 bridgehead atoms. The Labute approximate surface area is 146 Å². The Bertz CT molecular complexity index is 886. The van der Waals surface area contributed by atoms with Crippen LogP contribution < -0.4 is 4.90 Å². The Morgan fingerprint density at radius 1 is 1.00 bits per heavy atom. The van der Waals surface area contributed by atoms with Gasteiger partial charge in [0.1, 0.15) is 6.33 Å². The van der Waals surface area contributed by atoms with Crippen LogP contribution in [0.5, 0.6) is 0 Å². The molecule has 0 aliphatic carbocycles. The molecule has 0 spiro atoms. The summed E-state index contributed by atoms with van der Waals surface area (Å²) in [5.41, 5.74) is 3.52. The Morgan fingerprint density at radius 3 is 2.36 bits per heavy atom. The number of anilines is 1. The summed E-state index contributed by atoms with van der Waals surface area (Å²) in [5, 5.41) is 4.41. The van der Waals surface area contributed by atoms with E-state index in [9.17, 15) is 4.79 Å². The maximum atomic E-state index is 12.4. The standard InChI is InChI=1S/C20H20N4O/c1-14-8-10-17(11-9-14)19-12-18(16-6-4-3-5-7-16)23(15(2)25)20-21-13-22-24(19)20/h3-11,13,18-19H,12H2,1-2H3/t18-,19+/m1/s1. The average molecular weight is 332 g/mol. The van der Waals surface area contributed by atoms with Crippen LogP contribution in [0.1, 0.15) is 42.1 Å². The number of amides is 1. The summed E-state index contributed by atoms with van der Waals surface area (Å²) in [6.07, 6.45) is 2.29. The van der Waals surface area contributed by atoms with Gasteiger partial charge in [0.25, 0.3) is 0 Å². The summed E-state index contributed by atoms with van der Waals surface area (Å²) in [6.45, 7) is 3.66. The monoisotopic (exact) mass is 332 g/mol. The molecule has 0 N–H and O–H groups in total. The molecule has 2 aromatic carbocycles. The first-order valence-corrected chi connectivity index (χ1v) is 8.46. The van der Waals surface area contributed by atoms with E-state index in [1.807, 2.05) is 22.9 Å². The summed E-state index contributed by atoms with van der Waals surface area (Å²) in [5.74, 6) is 0.587. The Balaban J connectivity index is 1.83. The van der Waals surface area contributed by atoms with E-state index in [0.717, 1.165) is 12.0 Å². The lowest BCUT2D eigenvalue weighted by Crippen LogP contribution is -2.41. The van der Waals surface area contributed by atoms with Crippen molar-refractivity contribution in [1.29, 1.82) is 0 Å². The molecule has 1 aromatic heterocycles. The fourth-order valence-corrected chi connectivity index (χ4v) is 3.58. The maximum Gasteiger partial charge on any atom is 0.231 e. The Morgan fingerprint density at radius 2 is 1.68 bits per heavy atom. The van der Waals surface area contributed by atoms with Gasteiger partial charge in [-0.1, -0.05) is 60.2 Å². The molecule has 2 atom stereocenters. The third kappa shape index (κ3) is 2.71. The van der Waals surface area contributed by atoms with Gasteiger partial charge in [-0.3, -0.25) is 9.69 Å². The highest BCUT2D eigenvalue weighted by Gasteiger charge is 2.37. The lowest BCUT2D eigenvalue weighted by molar-refractivity contribution is -0.117. The summed E-state index contributed by atoms with van der Waals surface area (Å²) in [7, 11) is 0. The Hall–Kier alpha value is -2.95. The number of fused-ring (bicyclic) bond motifs is 1. The molecule has 4 rings (SSSR count). The number of rotatable bonds is 2. The van der Waals surface area contributed by atoms with Gasteiger partial charge in [0, 0.05) is 6.92 Å². The van der Waals surface area contributed by atoms with Gasteiger partial charge < -0.3 is 0 Å². The molecule has 0 fully saturated rings. The van der Waals surface area contributed by atoms with Crippen molar-refractivity contribution in [2.75, 3.05) is 4.90 Å². The van der Waals surface area contributed by atoms with E-state index in [4.69, 9.17) is 0 Å². The van der Waals surface area contributed by atoms with Crippen molar-refractivity contribution in [2.45, 2.75) is 32.4 Å². The van der Waals surface area contributed by atoms with E-state index in [1.54, 1.807) is 11.8 Å². The van der Waals surface area contributed by atoms with Crippen molar-refractivity contribution >= 4 is 11.9 Å². The van der Waals surface area contributed by atoms with Crippen LogP contribution in [0, 0.1) is 6.92 Å². The van der Waals surface area contributed by atoms with E-state index in [2.05, 4.69) is 53.4 Å². The molecule has 5 nitrogen and oxygen atoms in total. The molecule has 1 amide bonds. The number of aromatic nitrogens is 3. The second kappa shape index (κ2) is 6.16. The normalized spacial score (nSPS) is 19.5. The van der Waals surface area contributed by atoms with Gasteiger partial charge >= 0.3 is 0 Å². The fraction of sp³-hybridized carbons (Fsp3) is 0.250. The first-order valence-electron chi connectivity index (χ1n) is 8.46. The zero-order valence-electron chi connectivity index (χ0n) is 14.3. The van der Waals surface area contributed by atoms with Crippen molar-refractivity contribution in [3.8, 4) is 0 Å². The van der Waals surface area contributed by atoms with Crippen LogP contribution in [-0.4, -0.2) is 20.7 Å². The highest BCUT2D eigenvalue weighted by molar-refractivity contribution is 5.90. The largest absolute Gasteiger partial charge is 0.275 e. The number of carbonyl (C=O) groups excluding carboxylic acids is 1. The topological polar surface area (TPSA) is 51.0 Å². The highest BCUT2D eigenvalue weighted by atomic mass is 16.2. The molecule has 5 heteroatoms. The molecule has 0 saturated heterocycles. The molecular weight excluding hydrogens is 312 g/mol. The van der Waals surface area contributed by atoms with Crippen molar-refractivity contribution in [3.05, 3.63) is 77.6 Å². The zero-order chi connectivity index (χ0) is 17.4. The van der Waals surface area contributed by atoms with Gasteiger partial charge in [-0.05, 0) is 24.5 Å². The van der Waals surface area contributed by atoms with Gasteiger partial charge in [0.15, 0.2) is 0 Å². The minimum absolute atomic E-state index is 0.0227. The molecular formula is C20H20N4O. The minimum atomic E-state index is -0.0540. The van der Waals surface area contributed by atoms with Crippen LogP contribution in [0.4, 0.5) is 5.95 Å². The van der Waals surface area contributed by atoms with Crippen LogP contribution >= 0.6 is 0 Å². The SMILES string of the molecule is CC(=O)N1c2ncnn2[C@H](c2ccc(C)cc2)C[C@@H]1c1ccccc1. The van der Waals surface area contributed by atoms with Crippen molar-refractivity contribution in [2.24, 2.45) is 0 Å². The van der Waals surface area contributed by atoms with Crippen LogP contribution in [0.25, 0.3) is 0 Å². The number of carbonyl (C=O) groups is 1. The predicted molar refractivity (Wildman–Crippen MR) is 96.3 cm³/mol. The second-order valence-corrected chi connectivity index (χ2v) is 6.48. The number of hydrogen-bond donors (Lipinski definition) is 0. The van der Waals surface area contributed by atoms with Gasteiger partial charge in [-0.2, -0.15) is 10.1 Å². The van der Waals surface area contributed by atoms with Crippen molar-refractivity contribution in [1.82, 2.24) is 14.8 Å². The predicted octanol–water partition coefficient (Wildman–Crippen LogP) is 3.67. The first kappa shape index (κ1) is 15.6. The van der Waals surface area contributed by atoms with E-state index >= 15 is 0 Å². The molecule has 2 heterocycles. The number of nitrogens with zero attached hydrogens (tertiary/aromatic N) is 4. The highest BCUT2D eigenvalue weighted by Crippen LogP contribution is 2.41. The molecule has 0 saturated carbocycles. The van der Waals surface area contributed by atoms with Gasteiger partial charge in [-0.25, -0.2) is 4.68 Å². The van der Waals surface area contributed by atoms with Crippen LogP contribution in [0.2, 0.25) is 0 Å². The molecule has 0 unspecified atom stereocenters. The number of aryl methyl sites for hydroxylation is 1. The lowest BCUT2D eigenvalue weighted by Gasteiger charge is -2.38. The molecule has 3 aromatic rings. The first-order chi connectivity index (χ1) is 12.1. The number of benzene rings is 2. The van der Waals surface area contributed by atoms with Crippen LogP contribution in [0.3, 0.4) is 0 Å². The van der Waals surface area contributed by atoms with Gasteiger partial charge in [0.05, 0.1) is 12.1 Å². The summed E-state index contributed by atoms with van der Waals surface area (Å²) in [4.78, 5) is 18.5. The summed E-state index contributed by atoms with van der Waals surface area (Å²) in [6, 6.07) is 18.6. The average Bonchev–Trinajstić information content (AvgIpc) is 3.11. The quantitative estimate of drug-likeness (QED) is 0.719. The summed E-state index contributed by atoms with van der Waals surface area (Å²) < 4.78 is 1.87. The zero-order valence-corrected chi connectivity index (χ0v) is 14.3. The molecule has 1 aliphatic rings. The van der Waals surface area contributed by atoms with E-state index < -0.39 is 0 Å². The smallest absolute Gasteiger partial charge is 0.231 e. The third-order valence-corrected chi connectivity index (χ3v) is 4.81. The fourth-order valence-electron chi connectivity index (χ4n) is 3.58. The maximum absolute atomic E-state index is 12.4. The molecule has 1 aliphatic heterocycles. The van der Waals surface area contributed by atoms with E-state index in [1.165, 1.54) is 17.5 Å². The minimum Gasteiger partial charge on any atom is -0.275 e. The van der Waals surface area contributed by atoms with E-state index in [0.29, 0.717) is 5.95 Å². The molecule has 126 valence electrons. The van der Waals surface area contributed by atoms with Gasteiger partial charge in [-0.15, -0.1) is 0 Å². The second-order valence-electron chi connectivity index (χ2n) is 6.48. The van der Waals surface area contributed by atoms with Crippen LogP contribution in [-0.2, 0) is 4.79 Å². The number of hydrogen-bond acceptors (Lipinski definition) is 3. The molecule has 0 radical (unpaired) electrons.